The van der Waals surface area contributed by atoms with Gasteiger partial charge in [-0.1, -0.05) is 11.6 Å². The Labute approximate surface area is 189 Å². The number of benzene rings is 2. The molecule has 3 N–H and O–H groups in total. The maximum absolute atomic E-state index is 13.2. The predicted octanol–water partition coefficient (Wildman–Crippen LogP) is 3.34. The number of amides is 2. The third-order valence-electron chi connectivity index (χ3n) is 4.78. The first-order valence-electron chi connectivity index (χ1n) is 9.61. The fraction of sp³-hybridized carbons (Fsp3) is 0.227. The highest BCUT2D eigenvalue weighted by atomic mass is 35.5. The second-order valence-electron chi connectivity index (χ2n) is 7.01. The summed E-state index contributed by atoms with van der Waals surface area (Å²) in [6, 6.07) is 8.45. The van der Waals surface area contributed by atoms with Gasteiger partial charge in [0.25, 0.3) is 11.8 Å². The molecule has 0 aliphatic carbocycles. The first kappa shape index (κ1) is 23.1. The molecule has 0 saturated carbocycles. The number of hydrogen-bond donors (Lipinski definition) is 2. The number of nitrogens with zero attached hydrogens (tertiary/aromatic N) is 2. The number of rotatable bonds is 8. The molecule has 10 heteroatoms. The van der Waals surface area contributed by atoms with Crippen molar-refractivity contribution in [2.45, 2.75) is 19.9 Å². The molecule has 1 unspecified atom stereocenters. The van der Waals surface area contributed by atoms with Crippen LogP contribution >= 0.6 is 11.6 Å². The van der Waals surface area contributed by atoms with Crippen molar-refractivity contribution in [3.63, 3.8) is 0 Å². The molecule has 0 aliphatic heterocycles. The minimum absolute atomic E-state index is 0.101. The van der Waals surface area contributed by atoms with Gasteiger partial charge in [0.1, 0.15) is 5.82 Å². The normalized spacial score (nSPS) is 11.7. The minimum atomic E-state index is -0.671. The molecule has 1 heterocycles. The van der Waals surface area contributed by atoms with Crippen molar-refractivity contribution in [2.24, 2.45) is 5.73 Å². The maximum Gasteiger partial charge on any atom is 0.255 e. The largest absolute Gasteiger partial charge is 0.493 e. The van der Waals surface area contributed by atoms with Gasteiger partial charge in [-0.15, -0.1) is 0 Å². The van der Waals surface area contributed by atoms with Crippen LogP contribution in [0.5, 0.6) is 11.5 Å². The summed E-state index contributed by atoms with van der Waals surface area (Å²) in [6.07, 6.45) is 1.65. The molecule has 0 aliphatic rings. The Bertz CT molecular complexity index is 1150. The molecular weight excluding hydrogens is 439 g/mol. The Hall–Kier alpha value is -3.59. The molecule has 32 heavy (non-hydrogen) atoms. The average Bonchev–Trinajstić information content (AvgIpc) is 3.14. The second kappa shape index (κ2) is 9.69. The van der Waals surface area contributed by atoms with Gasteiger partial charge in [-0.2, -0.15) is 5.10 Å². The van der Waals surface area contributed by atoms with E-state index in [9.17, 15) is 14.0 Å². The van der Waals surface area contributed by atoms with Crippen LogP contribution in [0.15, 0.2) is 42.6 Å². The van der Waals surface area contributed by atoms with Crippen molar-refractivity contribution in [3.05, 3.63) is 70.3 Å². The zero-order chi connectivity index (χ0) is 23.4. The molecule has 1 aromatic heterocycles. The van der Waals surface area contributed by atoms with Gasteiger partial charge in [0.2, 0.25) is 0 Å². The fourth-order valence-electron chi connectivity index (χ4n) is 3.18. The zero-order valence-corrected chi connectivity index (χ0v) is 18.4. The quantitative estimate of drug-likeness (QED) is 0.536. The summed E-state index contributed by atoms with van der Waals surface area (Å²) in [5.41, 5.74) is 7.64. The lowest BCUT2D eigenvalue weighted by Gasteiger charge is -2.16. The predicted molar refractivity (Wildman–Crippen MR) is 117 cm³/mol. The van der Waals surface area contributed by atoms with Crippen LogP contribution in [-0.2, 0) is 4.79 Å². The summed E-state index contributed by atoms with van der Waals surface area (Å²) in [5, 5.41) is 7.35. The number of nitrogens with one attached hydrogen (secondary N) is 1. The van der Waals surface area contributed by atoms with E-state index in [0.29, 0.717) is 5.69 Å². The van der Waals surface area contributed by atoms with Crippen LogP contribution in [0.4, 0.5) is 4.39 Å². The van der Waals surface area contributed by atoms with Crippen LogP contribution in [0.3, 0.4) is 0 Å². The molecular formula is C22H22ClFN4O4. The Kier molecular flexibility index (Phi) is 6.99. The highest BCUT2D eigenvalue weighted by Gasteiger charge is 2.20. The van der Waals surface area contributed by atoms with Gasteiger partial charge >= 0.3 is 0 Å². The van der Waals surface area contributed by atoms with Crippen LogP contribution in [-0.4, -0.2) is 35.3 Å². The average molecular weight is 461 g/mol. The number of methoxy groups -OCH3 is 1. The Morgan fingerprint density at radius 2 is 1.97 bits per heavy atom. The van der Waals surface area contributed by atoms with Crippen molar-refractivity contribution in [1.82, 2.24) is 15.1 Å². The lowest BCUT2D eigenvalue weighted by atomic mass is 10.1. The molecule has 168 valence electrons. The minimum Gasteiger partial charge on any atom is -0.493 e. The smallest absolute Gasteiger partial charge is 0.255 e. The molecule has 1 atom stereocenters. The third-order valence-corrected chi connectivity index (χ3v) is 5.06. The van der Waals surface area contributed by atoms with Crippen molar-refractivity contribution >= 4 is 23.4 Å². The van der Waals surface area contributed by atoms with Gasteiger partial charge in [0, 0.05) is 16.8 Å². The van der Waals surface area contributed by atoms with Crippen molar-refractivity contribution in [2.75, 3.05) is 13.7 Å². The van der Waals surface area contributed by atoms with Gasteiger partial charge < -0.3 is 20.5 Å². The lowest BCUT2D eigenvalue weighted by Crippen LogP contribution is -2.27. The number of carbonyl (C=O) groups is 2. The Balaban J connectivity index is 1.79. The molecule has 3 aromatic rings. The van der Waals surface area contributed by atoms with E-state index in [2.05, 4.69) is 10.4 Å². The van der Waals surface area contributed by atoms with E-state index in [1.165, 1.54) is 31.4 Å². The maximum atomic E-state index is 13.2. The van der Waals surface area contributed by atoms with Gasteiger partial charge in [-0.25, -0.2) is 9.07 Å². The Morgan fingerprint density at radius 1 is 1.28 bits per heavy atom. The number of nitrogens with two attached hydrogens (primary N) is 1. The van der Waals surface area contributed by atoms with Crippen LogP contribution in [0.1, 0.15) is 34.6 Å². The summed E-state index contributed by atoms with van der Waals surface area (Å²) in [6.45, 7) is 3.30. The number of halogens is 2. The van der Waals surface area contributed by atoms with E-state index < -0.39 is 11.8 Å². The summed E-state index contributed by atoms with van der Waals surface area (Å²) in [5.74, 6) is -1.09. The molecule has 2 aromatic carbocycles. The molecule has 3 rings (SSSR count). The summed E-state index contributed by atoms with van der Waals surface area (Å²) >= 11 is 6.22. The highest BCUT2D eigenvalue weighted by molar-refractivity contribution is 6.32. The lowest BCUT2D eigenvalue weighted by molar-refractivity contribution is -0.119. The monoisotopic (exact) mass is 460 g/mol. The number of hydrogen-bond acceptors (Lipinski definition) is 5. The first-order chi connectivity index (χ1) is 15.2. The van der Waals surface area contributed by atoms with Crippen LogP contribution < -0.4 is 20.5 Å². The van der Waals surface area contributed by atoms with E-state index >= 15 is 0 Å². The topological polar surface area (TPSA) is 108 Å². The van der Waals surface area contributed by atoms with Gasteiger partial charge in [-0.3, -0.25) is 9.59 Å². The van der Waals surface area contributed by atoms with Crippen molar-refractivity contribution < 1.29 is 23.5 Å². The summed E-state index contributed by atoms with van der Waals surface area (Å²) < 4.78 is 25.4. The highest BCUT2D eigenvalue weighted by Crippen LogP contribution is 2.36. The number of primary amides is 1. The molecule has 0 bridgehead atoms. The molecule has 0 fully saturated rings. The molecule has 0 spiro atoms. The van der Waals surface area contributed by atoms with Crippen molar-refractivity contribution in [1.29, 1.82) is 0 Å². The summed E-state index contributed by atoms with van der Waals surface area (Å²) in [4.78, 5) is 23.8. The molecule has 8 nitrogen and oxygen atoms in total. The Morgan fingerprint density at radius 3 is 2.59 bits per heavy atom. The second-order valence-corrected chi connectivity index (χ2v) is 7.42. The van der Waals surface area contributed by atoms with Crippen LogP contribution in [0.2, 0.25) is 5.02 Å². The zero-order valence-electron chi connectivity index (χ0n) is 17.7. The van der Waals surface area contributed by atoms with E-state index in [1.807, 2.05) is 13.8 Å². The number of carbonyl (C=O) groups excluding carboxylic acids is 2. The molecule has 0 saturated heterocycles. The summed E-state index contributed by atoms with van der Waals surface area (Å²) in [7, 11) is 1.39. The van der Waals surface area contributed by atoms with Crippen LogP contribution in [0, 0.1) is 12.7 Å². The van der Waals surface area contributed by atoms with E-state index in [-0.39, 0.29) is 40.6 Å². The molecule has 0 radical (unpaired) electrons. The van der Waals surface area contributed by atoms with Gasteiger partial charge in [0.15, 0.2) is 18.1 Å². The fourth-order valence-corrected chi connectivity index (χ4v) is 3.45. The van der Waals surface area contributed by atoms with Crippen LogP contribution in [0.25, 0.3) is 5.69 Å². The molecule has 2 amide bonds. The van der Waals surface area contributed by atoms with Crippen molar-refractivity contribution in [3.8, 4) is 17.2 Å². The van der Waals surface area contributed by atoms with E-state index in [0.717, 1.165) is 11.3 Å². The number of aromatic nitrogens is 2. The van der Waals surface area contributed by atoms with E-state index in [4.69, 9.17) is 26.8 Å². The van der Waals surface area contributed by atoms with Gasteiger partial charge in [-0.05, 0) is 50.2 Å². The SMILES string of the molecule is COc1cc(C(=O)NC(C)c2cnn(-c3ccc(F)cc3)c2C)cc(Cl)c1OCC(N)=O. The standard InChI is InChI=1S/C22H22ClFN4O4/c1-12(17-10-26-28(13(17)2)16-6-4-15(24)5-7-16)27-22(30)14-8-18(23)21(19(9-14)31-3)32-11-20(25)29/h4-10,12H,11H2,1-3H3,(H2,25,29)(H,27,30). The number of ether oxygens (including phenoxy) is 2. The van der Waals surface area contributed by atoms with Gasteiger partial charge in [0.05, 0.1) is 30.1 Å². The van der Waals surface area contributed by atoms with E-state index in [1.54, 1.807) is 23.0 Å². The first-order valence-corrected chi connectivity index (χ1v) is 9.99. The third kappa shape index (κ3) is 5.00.